The Morgan fingerprint density at radius 2 is 2.08 bits per heavy atom. The lowest BCUT2D eigenvalue weighted by Gasteiger charge is -2.30. The van der Waals surface area contributed by atoms with E-state index in [9.17, 15) is 4.79 Å². The molecule has 0 unspecified atom stereocenters. The molecule has 0 aromatic carbocycles. The van der Waals surface area contributed by atoms with Gasteiger partial charge in [-0.3, -0.25) is 14.4 Å². The normalized spacial score (nSPS) is 26.7. The highest BCUT2D eigenvalue weighted by molar-refractivity contribution is 5.73. The molecule has 1 amide bonds. The number of carbonyl (C=O) groups is 1. The summed E-state index contributed by atoms with van der Waals surface area (Å²) in [5.74, 6) is 0.914. The molecule has 1 aromatic heterocycles. The highest BCUT2D eigenvalue weighted by Gasteiger charge is 2.34. The molecule has 24 heavy (non-hydrogen) atoms. The second-order valence-electron chi connectivity index (χ2n) is 7.47. The Balaban J connectivity index is 1.50. The van der Waals surface area contributed by atoms with Crippen LogP contribution >= 0.6 is 0 Å². The van der Waals surface area contributed by atoms with Crippen molar-refractivity contribution in [3.05, 3.63) is 18.0 Å². The number of aryl methyl sites for hydroxylation is 1. The number of rotatable bonds is 4. The minimum atomic E-state index is 0.217. The van der Waals surface area contributed by atoms with Gasteiger partial charge in [-0.2, -0.15) is 5.10 Å². The molecule has 2 aliphatic rings. The fourth-order valence-corrected chi connectivity index (χ4v) is 4.18. The molecule has 2 fully saturated rings. The highest BCUT2D eigenvalue weighted by atomic mass is 16.2. The molecule has 6 nitrogen and oxygen atoms in total. The van der Waals surface area contributed by atoms with Crippen LogP contribution in [0, 0.1) is 5.92 Å². The van der Waals surface area contributed by atoms with Crippen molar-refractivity contribution in [3.63, 3.8) is 0 Å². The molecule has 0 aliphatic carbocycles. The molecule has 3 heterocycles. The van der Waals surface area contributed by atoms with Crippen molar-refractivity contribution in [3.8, 4) is 0 Å². The van der Waals surface area contributed by atoms with Gasteiger partial charge in [-0.05, 0) is 24.3 Å². The second kappa shape index (κ2) is 7.66. The molecule has 6 heteroatoms. The van der Waals surface area contributed by atoms with Crippen molar-refractivity contribution in [1.82, 2.24) is 24.5 Å². The Morgan fingerprint density at radius 3 is 2.79 bits per heavy atom. The Bertz CT molecular complexity index is 557. The van der Waals surface area contributed by atoms with E-state index in [1.165, 1.54) is 12.1 Å². The molecular weight excluding hydrogens is 302 g/mol. The maximum atomic E-state index is 11.6. The summed E-state index contributed by atoms with van der Waals surface area (Å²) in [6, 6.07) is 0.630. The number of amides is 1. The van der Waals surface area contributed by atoms with Gasteiger partial charge in [-0.1, -0.05) is 6.92 Å². The summed E-state index contributed by atoms with van der Waals surface area (Å²) in [5, 5.41) is 4.25. The number of likely N-dealkylation sites (tertiary alicyclic amines) is 1. The van der Waals surface area contributed by atoms with Crippen molar-refractivity contribution in [2.75, 3.05) is 45.8 Å². The van der Waals surface area contributed by atoms with E-state index >= 15 is 0 Å². The van der Waals surface area contributed by atoms with E-state index in [0.717, 1.165) is 52.1 Å². The largest absolute Gasteiger partial charge is 0.342 e. The Labute approximate surface area is 145 Å². The van der Waals surface area contributed by atoms with Gasteiger partial charge in [0.1, 0.15) is 0 Å². The quantitative estimate of drug-likeness (QED) is 0.819. The van der Waals surface area contributed by atoms with Crippen molar-refractivity contribution in [2.45, 2.75) is 32.7 Å². The molecule has 0 saturated carbocycles. The van der Waals surface area contributed by atoms with Crippen LogP contribution in [0.1, 0.15) is 25.8 Å². The van der Waals surface area contributed by atoms with Crippen LogP contribution in [0.15, 0.2) is 12.4 Å². The van der Waals surface area contributed by atoms with Crippen LogP contribution in [0.4, 0.5) is 0 Å². The van der Waals surface area contributed by atoms with Gasteiger partial charge in [-0.25, -0.2) is 0 Å². The van der Waals surface area contributed by atoms with Gasteiger partial charge < -0.3 is 9.80 Å². The van der Waals surface area contributed by atoms with Gasteiger partial charge in [0.25, 0.3) is 0 Å². The Kier molecular flexibility index (Phi) is 5.56. The zero-order chi connectivity index (χ0) is 17.1. The topological polar surface area (TPSA) is 44.6 Å². The molecule has 134 valence electrons. The number of hydrogen-bond donors (Lipinski definition) is 0. The molecule has 2 saturated heterocycles. The molecule has 0 bridgehead atoms. The predicted molar refractivity (Wildman–Crippen MR) is 94.7 cm³/mol. The Hall–Kier alpha value is -1.40. The first kappa shape index (κ1) is 17.4. The van der Waals surface area contributed by atoms with Crippen LogP contribution in [0.5, 0.6) is 0 Å². The second-order valence-corrected chi connectivity index (χ2v) is 7.47. The third-order valence-corrected chi connectivity index (χ3v) is 5.57. The predicted octanol–water partition coefficient (Wildman–Crippen LogP) is 0.837. The molecule has 0 radical (unpaired) electrons. The maximum absolute atomic E-state index is 11.6. The van der Waals surface area contributed by atoms with Gasteiger partial charge in [0.05, 0.1) is 6.20 Å². The smallest absolute Gasteiger partial charge is 0.219 e. The molecule has 3 rings (SSSR count). The van der Waals surface area contributed by atoms with Gasteiger partial charge >= 0.3 is 0 Å². The average Bonchev–Trinajstić information content (AvgIpc) is 3.02. The lowest BCUT2D eigenvalue weighted by Crippen LogP contribution is -2.43. The number of hydrogen-bond acceptors (Lipinski definition) is 4. The number of nitrogens with zero attached hydrogens (tertiary/aromatic N) is 5. The van der Waals surface area contributed by atoms with Crippen LogP contribution in [0.25, 0.3) is 0 Å². The van der Waals surface area contributed by atoms with E-state index in [1.54, 1.807) is 6.92 Å². The van der Waals surface area contributed by atoms with E-state index in [0.29, 0.717) is 12.0 Å². The highest BCUT2D eigenvalue weighted by Crippen LogP contribution is 2.23. The van der Waals surface area contributed by atoms with E-state index in [1.807, 2.05) is 22.8 Å². The first-order valence-corrected chi connectivity index (χ1v) is 9.22. The van der Waals surface area contributed by atoms with Gasteiger partial charge in [0.15, 0.2) is 0 Å². The van der Waals surface area contributed by atoms with Crippen molar-refractivity contribution >= 4 is 5.91 Å². The number of carbonyl (C=O) groups excluding carboxylic acids is 1. The molecule has 2 aliphatic heterocycles. The van der Waals surface area contributed by atoms with E-state index in [-0.39, 0.29) is 5.91 Å². The van der Waals surface area contributed by atoms with Crippen LogP contribution in [-0.2, 0) is 18.3 Å². The number of aromatic nitrogens is 2. The first-order chi connectivity index (χ1) is 11.5. The molecule has 2 atom stereocenters. The molecule has 1 aromatic rings. The van der Waals surface area contributed by atoms with Crippen LogP contribution < -0.4 is 0 Å². The lowest BCUT2D eigenvalue weighted by molar-refractivity contribution is -0.128. The standard InChI is InChI=1S/C18H31N5O/c1-15-12-21(8-5-17-11-19-20(3)13-17)14-18(15)23-7-4-6-22(9-10-23)16(2)24/h11,13,15,18H,4-10,12,14H2,1-3H3/t15-,18-/m1/s1. The SMILES string of the molecule is CC(=O)N1CCCN([C@@H]2CN(CCc3cnn(C)c3)C[C@H]2C)CC1. The lowest BCUT2D eigenvalue weighted by atomic mass is 10.0. The average molecular weight is 333 g/mol. The van der Waals surface area contributed by atoms with Gasteiger partial charge in [-0.15, -0.1) is 0 Å². The van der Waals surface area contributed by atoms with Gasteiger partial charge in [0.2, 0.25) is 5.91 Å². The summed E-state index contributed by atoms with van der Waals surface area (Å²) >= 11 is 0. The van der Waals surface area contributed by atoms with E-state index < -0.39 is 0 Å². The summed E-state index contributed by atoms with van der Waals surface area (Å²) in [4.78, 5) is 18.8. The summed E-state index contributed by atoms with van der Waals surface area (Å²) in [5.41, 5.74) is 1.32. The summed E-state index contributed by atoms with van der Waals surface area (Å²) in [7, 11) is 1.97. The Morgan fingerprint density at radius 1 is 1.25 bits per heavy atom. The van der Waals surface area contributed by atoms with Crippen molar-refractivity contribution < 1.29 is 4.79 Å². The third-order valence-electron chi connectivity index (χ3n) is 5.57. The van der Waals surface area contributed by atoms with E-state index in [4.69, 9.17) is 0 Å². The maximum Gasteiger partial charge on any atom is 0.219 e. The van der Waals surface area contributed by atoms with Crippen LogP contribution in [0.2, 0.25) is 0 Å². The molecule has 0 spiro atoms. The molecule has 0 N–H and O–H groups in total. The van der Waals surface area contributed by atoms with Gasteiger partial charge in [0, 0.05) is 72.0 Å². The first-order valence-electron chi connectivity index (χ1n) is 9.22. The zero-order valence-electron chi connectivity index (χ0n) is 15.3. The van der Waals surface area contributed by atoms with E-state index in [2.05, 4.69) is 28.0 Å². The minimum absolute atomic E-state index is 0.217. The van der Waals surface area contributed by atoms with Crippen LogP contribution in [0.3, 0.4) is 0 Å². The molecular formula is C18H31N5O. The fourth-order valence-electron chi connectivity index (χ4n) is 4.18. The van der Waals surface area contributed by atoms with Crippen LogP contribution in [-0.4, -0.2) is 82.2 Å². The monoisotopic (exact) mass is 333 g/mol. The minimum Gasteiger partial charge on any atom is -0.342 e. The van der Waals surface area contributed by atoms with Crippen molar-refractivity contribution in [2.24, 2.45) is 13.0 Å². The zero-order valence-corrected chi connectivity index (χ0v) is 15.3. The summed E-state index contributed by atoms with van der Waals surface area (Å²) in [6.45, 7) is 11.4. The summed E-state index contributed by atoms with van der Waals surface area (Å²) < 4.78 is 1.88. The third kappa shape index (κ3) is 4.16. The summed E-state index contributed by atoms with van der Waals surface area (Å²) in [6.07, 6.45) is 6.26. The fraction of sp³-hybridized carbons (Fsp3) is 0.778. The van der Waals surface area contributed by atoms with Crippen molar-refractivity contribution in [1.29, 1.82) is 0 Å².